The summed E-state index contributed by atoms with van der Waals surface area (Å²) in [5.41, 5.74) is 2.59. The fourth-order valence-corrected chi connectivity index (χ4v) is 6.02. The Bertz CT molecular complexity index is 1290. The molecule has 1 saturated heterocycles. The minimum Gasteiger partial charge on any atom is -0.497 e. The van der Waals surface area contributed by atoms with Crippen LogP contribution >= 0.6 is 0 Å². The van der Waals surface area contributed by atoms with Crippen molar-refractivity contribution in [1.29, 1.82) is 0 Å². The number of fused-ring (bicyclic) bond motifs is 1. The normalized spacial score (nSPS) is 19.0. The fraction of sp³-hybridized carbons (Fsp3) is 0.452. The van der Waals surface area contributed by atoms with E-state index in [1.807, 2.05) is 47.4 Å². The van der Waals surface area contributed by atoms with Gasteiger partial charge in [0.05, 0.1) is 30.0 Å². The second kappa shape index (κ2) is 12.0. The zero-order valence-electron chi connectivity index (χ0n) is 22.9. The average Bonchev–Trinajstić information content (AvgIpc) is 3.52. The molecule has 1 aromatic heterocycles. The van der Waals surface area contributed by atoms with Crippen molar-refractivity contribution in [3.8, 4) is 5.75 Å². The van der Waals surface area contributed by atoms with Crippen molar-refractivity contribution in [1.82, 2.24) is 20.5 Å². The van der Waals surface area contributed by atoms with E-state index in [1.54, 1.807) is 13.3 Å². The van der Waals surface area contributed by atoms with Gasteiger partial charge in [0.2, 0.25) is 11.8 Å². The second-order valence-electron chi connectivity index (χ2n) is 10.8. The number of rotatable bonds is 11. The molecule has 2 aromatic carbocycles. The smallest absolute Gasteiger partial charge is 0.242 e. The zero-order chi connectivity index (χ0) is 27.2. The van der Waals surface area contributed by atoms with Gasteiger partial charge in [-0.25, -0.2) is 0 Å². The summed E-state index contributed by atoms with van der Waals surface area (Å²) in [6.45, 7) is 2.80. The average molecular weight is 530 g/mol. The summed E-state index contributed by atoms with van der Waals surface area (Å²) >= 11 is 0. The molecule has 1 spiro atoms. The van der Waals surface area contributed by atoms with Gasteiger partial charge in [0.15, 0.2) is 0 Å². The molecule has 39 heavy (non-hydrogen) atoms. The molecule has 2 heterocycles. The Balaban J connectivity index is 1.12. The van der Waals surface area contributed by atoms with Crippen LogP contribution in [-0.4, -0.2) is 59.6 Å². The number of anilines is 1. The molecular formula is C31H39N5O3. The fourth-order valence-electron chi connectivity index (χ4n) is 6.02. The number of hydrogen-bond donors (Lipinski definition) is 3. The van der Waals surface area contributed by atoms with Crippen LogP contribution in [0.2, 0.25) is 0 Å². The SMILES string of the molecule is COc1cc(NC(C)CCCNC(=O)CN2C(=O)[C@H](Cc3ccccc3)NC23CCCC3)c2ncccc2c1. The minimum absolute atomic E-state index is 0.0350. The van der Waals surface area contributed by atoms with E-state index in [2.05, 4.69) is 40.0 Å². The highest BCUT2D eigenvalue weighted by atomic mass is 16.5. The van der Waals surface area contributed by atoms with Crippen LogP contribution in [0.5, 0.6) is 5.75 Å². The van der Waals surface area contributed by atoms with Gasteiger partial charge in [0.1, 0.15) is 12.3 Å². The Morgan fingerprint density at radius 2 is 1.97 bits per heavy atom. The Kier molecular flexibility index (Phi) is 8.31. The monoisotopic (exact) mass is 529 g/mol. The lowest BCUT2D eigenvalue weighted by atomic mass is 10.1. The highest BCUT2D eigenvalue weighted by molar-refractivity contribution is 5.92. The number of amides is 2. The van der Waals surface area contributed by atoms with Gasteiger partial charge in [0.25, 0.3) is 0 Å². The van der Waals surface area contributed by atoms with Crippen molar-refractivity contribution >= 4 is 28.4 Å². The van der Waals surface area contributed by atoms with Crippen LogP contribution in [0, 0.1) is 0 Å². The van der Waals surface area contributed by atoms with Gasteiger partial charge in [-0.3, -0.25) is 19.9 Å². The zero-order valence-corrected chi connectivity index (χ0v) is 22.9. The highest BCUT2D eigenvalue weighted by Crippen LogP contribution is 2.38. The molecule has 8 nitrogen and oxygen atoms in total. The van der Waals surface area contributed by atoms with E-state index in [-0.39, 0.29) is 36.1 Å². The standard InChI is InChI=1S/C31H39N5O3/c1-22(34-26-20-25(39-2)19-24-13-9-17-33-29(24)26)10-8-16-32-28(37)21-36-30(38)27(18-23-11-4-3-5-12-23)35-31(36)14-6-7-15-31/h3-5,9,11-13,17,19-20,22,27,34-35H,6-8,10,14-16,18,21H2,1-2H3,(H,32,37)/t22?,27-/m0/s1. The number of carbonyl (C=O) groups is 2. The summed E-state index contributed by atoms with van der Waals surface area (Å²) in [5, 5.41) is 11.2. The number of nitrogens with one attached hydrogen (secondary N) is 3. The van der Waals surface area contributed by atoms with E-state index in [4.69, 9.17) is 4.74 Å². The summed E-state index contributed by atoms with van der Waals surface area (Å²) in [6, 6.07) is 17.9. The summed E-state index contributed by atoms with van der Waals surface area (Å²) < 4.78 is 5.45. The molecule has 2 fully saturated rings. The van der Waals surface area contributed by atoms with Gasteiger partial charge >= 0.3 is 0 Å². The molecule has 1 saturated carbocycles. The lowest BCUT2D eigenvalue weighted by molar-refractivity contribution is -0.137. The van der Waals surface area contributed by atoms with Crippen molar-refractivity contribution in [3.05, 3.63) is 66.4 Å². The first-order chi connectivity index (χ1) is 19.0. The summed E-state index contributed by atoms with van der Waals surface area (Å²) in [7, 11) is 1.66. The molecule has 2 aliphatic rings. The number of carbonyl (C=O) groups excluding carboxylic acids is 2. The maximum absolute atomic E-state index is 13.4. The van der Waals surface area contributed by atoms with Gasteiger partial charge in [-0.15, -0.1) is 0 Å². The molecule has 1 aliphatic carbocycles. The van der Waals surface area contributed by atoms with Crippen LogP contribution < -0.4 is 20.7 Å². The Hall–Kier alpha value is -3.65. The third-order valence-electron chi connectivity index (χ3n) is 7.99. The molecule has 8 heteroatoms. The molecule has 0 bridgehead atoms. The van der Waals surface area contributed by atoms with E-state index in [9.17, 15) is 9.59 Å². The van der Waals surface area contributed by atoms with Crippen LogP contribution in [-0.2, 0) is 16.0 Å². The quantitative estimate of drug-likeness (QED) is 0.322. The van der Waals surface area contributed by atoms with Crippen LogP contribution in [0.1, 0.15) is 51.0 Å². The first-order valence-electron chi connectivity index (χ1n) is 14.1. The number of benzene rings is 2. The molecule has 2 amide bonds. The molecule has 3 aromatic rings. The molecule has 5 rings (SSSR count). The minimum atomic E-state index is -0.389. The lowest BCUT2D eigenvalue weighted by Gasteiger charge is -2.34. The molecule has 2 atom stereocenters. The first kappa shape index (κ1) is 26.9. The van der Waals surface area contributed by atoms with Crippen molar-refractivity contribution in [2.75, 3.05) is 25.5 Å². The van der Waals surface area contributed by atoms with E-state index in [1.165, 1.54) is 0 Å². The number of hydrogen-bond acceptors (Lipinski definition) is 6. The van der Waals surface area contributed by atoms with Crippen molar-refractivity contribution < 1.29 is 14.3 Å². The Morgan fingerprint density at radius 3 is 2.74 bits per heavy atom. The summed E-state index contributed by atoms with van der Waals surface area (Å²) in [5.74, 6) is 0.725. The summed E-state index contributed by atoms with van der Waals surface area (Å²) in [6.07, 6.45) is 8.06. The molecule has 206 valence electrons. The van der Waals surface area contributed by atoms with Crippen molar-refractivity contribution in [2.24, 2.45) is 0 Å². The van der Waals surface area contributed by atoms with Crippen LogP contribution in [0.4, 0.5) is 5.69 Å². The molecule has 1 aliphatic heterocycles. The molecule has 3 N–H and O–H groups in total. The van der Waals surface area contributed by atoms with Crippen LogP contribution in [0.3, 0.4) is 0 Å². The van der Waals surface area contributed by atoms with Gasteiger partial charge in [0, 0.05) is 30.2 Å². The largest absolute Gasteiger partial charge is 0.497 e. The van der Waals surface area contributed by atoms with Gasteiger partial charge in [-0.05, 0) is 69.6 Å². The Morgan fingerprint density at radius 1 is 1.18 bits per heavy atom. The topological polar surface area (TPSA) is 95.6 Å². The third kappa shape index (κ3) is 6.17. The predicted molar refractivity (Wildman–Crippen MR) is 154 cm³/mol. The van der Waals surface area contributed by atoms with Gasteiger partial charge < -0.3 is 20.3 Å². The van der Waals surface area contributed by atoms with E-state index >= 15 is 0 Å². The van der Waals surface area contributed by atoms with E-state index in [0.29, 0.717) is 13.0 Å². The number of methoxy groups -OCH3 is 1. The van der Waals surface area contributed by atoms with E-state index in [0.717, 1.165) is 66.4 Å². The van der Waals surface area contributed by atoms with E-state index < -0.39 is 0 Å². The van der Waals surface area contributed by atoms with Gasteiger partial charge in [-0.2, -0.15) is 0 Å². The molecule has 1 unspecified atom stereocenters. The maximum atomic E-state index is 13.4. The Labute approximate surface area is 230 Å². The number of pyridine rings is 1. The second-order valence-corrected chi connectivity index (χ2v) is 10.8. The van der Waals surface area contributed by atoms with Gasteiger partial charge in [-0.1, -0.05) is 36.4 Å². The molecular weight excluding hydrogens is 490 g/mol. The first-order valence-corrected chi connectivity index (χ1v) is 14.1. The number of aromatic nitrogens is 1. The number of ether oxygens (including phenoxy) is 1. The van der Waals surface area contributed by atoms with Crippen LogP contribution in [0.25, 0.3) is 10.9 Å². The van der Waals surface area contributed by atoms with Crippen molar-refractivity contribution in [2.45, 2.75) is 69.6 Å². The highest BCUT2D eigenvalue weighted by Gasteiger charge is 2.51. The maximum Gasteiger partial charge on any atom is 0.242 e. The number of nitrogens with zero attached hydrogens (tertiary/aromatic N) is 2. The third-order valence-corrected chi connectivity index (χ3v) is 7.99. The molecule has 0 radical (unpaired) electrons. The lowest BCUT2D eigenvalue weighted by Crippen LogP contribution is -2.53. The summed E-state index contributed by atoms with van der Waals surface area (Å²) in [4.78, 5) is 32.7. The predicted octanol–water partition coefficient (Wildman–Crippen LogP) is 4.25. The van der Waals surface area contributed by atoms with Crippen LogP contribution in [0.15, 0.2) is 60.8 Å². The van der Waals surface area contributed by atoms with Crippen molar-refractivity contribution in [3.63, 3.8) is 0 Å².